The Bertz CT molecular complexity index is 868. The zero-order valence-electron chi connectivity index (χ0n) is 15.4. The molecule has 0 aliphatic rings. The highest BCUT2D eigenvalue weighted by Crippen LogP contribution is 2.14. The smallest absolute Gasteiger partial charge is 0.191 e. The lowest BCUT2D eigenvalue weighted by Crippen LogP contribution is -2.41. The first-order valence-corrected chi connectivity index (χ1v) is 10.2. The van der Waals surface area contributed by atoms with E-state index in [1.807, 2.05) is 31.2 Å². The number of nitrogens with one attached hydrogen (secondary N) is 2. The van der Waals surface area contributed by atoms with E-state index in [0.717, 1.165) is 17.4 Å². The van der Waals surface area contributed by atoms with Crippen molar-refractivity contribution in [3.63, 3.8) is 0 Å². The Morgan fingerprint density at radius 1 is 1.07 bits per heavy atom. The van der Waals surface area contributed by atoms with Crippen LogP contribution in [0.15, 0.2) is 58.4 Å². The molecule has 0 bridgehead atoms. The minimum atomic E-state index is -3.70. The Hall–Kier alpha value is -2.61. The van der Waals surface area contributed by atoms with Crippen molar-refractivity contribution < 1.29 is 17.5 Å². The third-order valence-corrected chi connectivity index (χ3v) is 5.49. The van der Waals surface area contributed by atoms with Gasteiger partial charge in [0.15, 0.2) is 15.8 Å². The van der Waals surface area contributed by atoms with Crippen molar-refractivity contribution in [3.8, 4) is 5.75 Å². The van der Waals surface area contributed by atoms with Crippen LogP contribution in [0.1, 0.15) is 5.56 Å². The fraction of sp³-hybridized carbons (Fsp3) is 0.316. The first-order valence-electron chi connectivity index (χ1n) is 8.53. The number of benzene rings is 2. The molecule has 2 N–H and O–H groups in total. The Kier molecular flexibility index (Phi) is 7.60. The summed E-state index contributed by atoms with van der Waals surface area (Å²) in [5, 5.41) is 5.94. The lowest BCUT2D eigenvalue weighted by atomic mass is 10.2. The summed E-state index contributed by atoms with van der Waals surface area (Å²) in [5.41, 5.74) is 1.16. The molecule has 27 heavy (non-hydrogen) atoms. The second kappa shape index (κ2) is 9.91. The van der Waals surface area contributed by atoms with Crippen LogP contribution in [0.25, 0.3) is 0 Å². The van der Waals surface area contributed by atoms with Crippen molar-refractivity contribution in [1.29, 1.82) is 0 Å². The number of halogens is 1. The first kappa shape index (κ1) is 20.7. The van der Waals surface area contributed by atoms with Crippen molar-refractivity contribution >= 4 is 15.8 Å². The molecule has 2 aromatic rings. The number of guanidine groups is 1. The summed E-state index contributed by atoms with van der Waals surface area (Å²) in [6.45, 7) is 3.04. The minimum absolute atomic E-state index is 0.106. The number of hydrogen-bond donors (Lipinski definition) is 2. The van der Waals surface area contributed by atoms with Gasteiger partial charge in [-0.1, -0.05) is 29.8 Å². The minimum Gasteiger partial charge on any atom is -0.492 e. The molecule has 0 saturated carbocycles. The molecule has 146 valence electrons. The van der Waals surface area contributed by atoms with Crippen LogP contribution in [0.4, 0.5) is 4.39 Å². The Morgan fingerprint density at radius 3 is 2.41 bits per heavy atom. The van der Waals surface area contributed by atoms with Crippen molar-refractivity contribution in [3.05, 3.63) is 59.9 Å². The Balaban J connectivity index is 1.74. The average molecular weight is 393 g/mol. The molecule has 0 heterocycles. The first-order chi connectivity index (χ1) is 12.9. The van der Waals surface area contributed by atoms with Crippen LogP contribution < -0.4 is 15.4 Å². The predicted molar refractivity (Wildman–Crippen MR) is 104 cm³/mol. The summed E-state index contributed by atoms with van der Waals surface area (Å²) in [4.78, 5) is 3.73. The van der Waals surface area contributed by atoms with E-state index in [4.69, 9.17) is 4.74 Å². The van der Waals surface area contributed by atoms with E-state index in [1.165, 1.54) is 18.2 Å². The number of nitrogens with zero attached hydrogens (tertiary/aromatic N) is 1. The quantitative estimate of drug-likeness (QED) is 0.408. The fourth-order valence-electron chi connectivity index (χ4n) is 2.30. The molecular weight excluding hydrogens is 369 g/mol. The maximum atomic E-state index is 13.7. The highest BCUT2D eigenvalue weighted by Gasteiger charge is 2.18. The van der Waals surface area contributed by atoms with Crippen LogP contribution in [-0.2, 0) is 9.84 Å². The standard InChI is InChI=1S/C19H24FN3O3S/c1-15-7-9-16(10-8-15)26-13-11-22-19(21-2)23-12-14-27(24,25)18-6-4-3-5-17(18)20/h3-10H,11-14H2,1-2H3,(H2,21,22,23). The lowest BCUT2D eigenvalue weighted by Gasteiger charge is -2.13. The molecule has 0 radical (unpaired) electrons. The summed E-state index contributed by atoms with van der Waals surface area (Å²) in [6.07, 6.45) is 0. The Morgan fingerprint density at radius 2 is 1.74 bits per heavy atom. The normalized spacial score (nSPS) is 11.9. The van der Waals surface area contributed by atoms with Crippen LogP contribution in [-0.4, -0.2) is 46.9 Å². The summed E-state index contributed by atoms with van der Waals surface area (Å²) in [7, 11) is -2.12. The fourth-order valence-corrected chi connectivity index (χ4v) is 3.55. The molecule has 0 amide bonds. The van der Waals surface area contributed by atoms with Gasteiger partial charge >= 0.3 is 0 Å². The molecule has 6 nitrogen and oxygen atoms in total. The van der Waals surface area contributed by atoms with E-state index in [9.17, 15) is 12.8 Å². The van der Waals surface area contributed by atoms with E-state index in [-0.39, 0.29) is 17.2 Å². The van der Waals surface area contributed by atoms with Gasteiger partial charge in [0, 0.05) is 13.6 Å². The number of aryl methyl sites for hydroxylation is 1. The van der Waals surface area contributed by atoms with E-state index >= 15 is 0 Å². The largest absolute Gasteiger partial charge is 0.492 e. The van der Waals surface area contributed by atoms with E-state index in [2.05, 4.69) is 15.6 Å². The van der Waals surface area contributed by atoms with Crippen molar-refractivity contribution in [2.75, 3.05) is 32.5 Å². The molecule has 8 heteroatoms. The van der Waals surface area contributed by atoms with Crippen LogP contribution >= 0.6 is 0 Å². The van der Waals surface area contributed by atoms with Gasteiger partial charge in [0.25, 0.3) is 0 Å². The van der Waals surface area contributed by atoms with Gasteiger partial charge in [-0.25, -0.2) is 12.8 Å². The molecule has 0 fully saturated rings. The van der Waals surface area contributed by atoms with Gasteiger partial charge in [0.05, 0.1) is 12.3 Å². The van der Waals surface area contributed by atoms with Crippen LogP contribution in [0.3, 0.4) is 0 Å². The average Bonchev–Trinajstić information content (AvgIpc) is 2.65. The number of rotatable bonds is 8. The molecule has 0 atom stereocenters. The van der Waals surface area contributed by atoms with Gasteiger partial charge in [0.2, 0.25) is 0 Å². The highest BCUT2D eigenvalue weighted by atomic mass is 32.2. The number of aliphatic imine (C=N–C) groups is 1. The monoisotopic (exact) mass is 393 g/mol. The zero-order valence-corrected chi connectivity index (χ0v) is 16.2. The van der Waals surface area contributed by atoms with Gasteiger partial charge in [0.1, 0.15) is 23.1 Å². The molecule has 0 aliphatic heterocycles. The van der Waals surface area contributed by atoms with Crippen LogP contribution in [0.5, 0.6) is 5.75 Å². The third-order valence-electron chi connectivity index (χ3n) is 3.74. The Labute approximate surface area is 159 Å². The summed E-state index contributed by atoms with van der Waals surface area (Å²) in [5.74, 6) is 0.245. The second-order valence-corrected chi connectivity index (χ2v) is 7.91. The topological polar surface area (TPSA) is 79.8 Å². The SMILES string of the molecule is CN=C(NCCOc1ccc(C)cc1)NCCS(=O)(=O)c1ccccc1F. The van der Waals surface area contributed by atoms with Gasteiger partial charge in [-0.3, -0.25) is 4.99 Å². The van der Waals surface area contributed by atoms with Crippen LogP contribution in [0.2, 0.25) is 0 Å². The summed E-state index contributed by atoms with van der Waals surface area (Å²) < 4.78 is 43.7. The van der Waals surface area contributed by atoms with Crippen molar-refractivity contribution in [1.82, 2.24) is 10.6 Å². The van der Waals surface area contributed by atoms with Gasteiger partial charge in [-0.2, -0.15) is 0 Å². The van der Waals surface area contributed by atoms with E-state index in [0.29, 0.717) is 19.1 Å². The number of hydrogen-bond acceptors (Lipinski definition) is 4. The molecule has 0 spiro atoms. The molecule has 0 aromatic heterocycles. The van der Waals surface area contributed by atoms with Crippen LogP contribution in [0, 0.1) is 12.7 Å². The van der Waals surface area contributed by atoms with Crippen molar-refractivity contribution in [2.45, 2.75) is 11.8 Å². The zero-order chi connectivity index (χ0) is 19.7. The van der Waals surface area contributed by atoms with E-state index in [1.54, 1.807) is 7.05 Å². The number of sulfone groups is 1. The lowest BCUT2D eigenvalue weighted by molar-refractivity contribution is 0.322. The summed E-state index contributed by atoms with van der Waals surface area (Å²) >= 11 is 0. The van der Waals surface area contributed by atoms with Gasteiger partial charge < -0.3 is 15.4 Å². The van der Waals surface area contributed by atoms with Crippen molar-refractivity contribution in [2.24, 2.45) is 4.99 Å². The highest BCUT2D eigenvalue weighted by molar-refractivity contribution is 7.91. The maximum Gasteiger partial charge on any atom is 0.191 e. The molecule has 2 rings (SSSR count). The molecule has 2 aromatic carbocycles. The maximum absolute atomic E-state index is 13.7. The summed E-state index contributed by atoms with van der Waals surface area (Å²) in [6, 6.07) is 13.1. The van der Waals surface area contributed by atoms with E-state index < -0.39 is 15.7 Å². The molecule has 0 unspecified atom stereocenters. The predicted octanol–water partition coefficient (Wildman–Crippen LogP) is 2.15. The molecule has 0 aliphatic carbocycles. The molecule has 0 saturated heterocycles. The third kappa shape index (κ3) is 6.56. The van der Waals surface area contributed by atoms with Gasteiger partial charge in [-0.05, 0) is 31.2 Å². The number of ether oxygens (including phenoxy) is 1. The van der Waals surface area contributed by atoms with Gasteiger partial charge in [-0.15, -0.1) is 0 Å². The second-order valence-electron chi connectivity index (χ2n) is 5.84. The molecular formula is C19H24FN3O3S.